The molecule has 0 aliphatic heterocycles. The summed E-state index contributed by atoms with van der Waals surface area (Å²) in [4.78, 5) is 0. The maximum Gasteiger partial charge on any atom is 0.0935 e. The van der Waals surface area contributed by atoms with Gasteiger partial charge in [0.15, 0.2) is 0 Å². The van der Waals surface area contributed by atoms with Crippen molar-refractivity contribution >= 4 is 0 Å². The maximum absolute atomic E-state index is 10.1. The third kappa shape index (κ3) is 1.71. The van der Waals surface area contributed by atoms with Crippen molar-refractivity contribution in [3.63, 3.8) is 0 Å². The third-order valence-electron chi connectivity index (χ3n) is 4.19. The predicted molar refractivity (Wildman–Crippen MR) is 57.4 cm³/mol. The summed E-state index contributed by atoms with van der Waals surface area (Å²) in [7, 11) is 0. The Hall–Kier alpha value is -0.760. The Kier molecular flexibility index (Phi) is 2.32. The lowest BCUT2D eigenvalue weighted by molar-refractivity contribution is 0.140. The van der Waals surface area contributed by atoms with Crippen LogP contribution in [0.2, 0.25) is 0 Å². The van der Waals surface area contributed by atoms with Crippen LogP contribution in [-0.4, -0.2) is 11.2 Å². The zero-order valence-corrected chi connectivity index (χ0v) is 8.93. The molecule has 2 aliphatic rings. The number of hydrogen-bond donors (Lipinski definition) is 1. The van der Waals surface area contributed by atoms with Gasteiger partial charge >= 0.3 is 0 Å². The molecule has 2 heteroatoms. The van der Waals surface area contributed by atoms with E-state index in [9.17, 15) is 5.11 Å². The van der Waals surface area contributed by atoms with E-state index in [1.165, 1.54) is 25.7 Å². The lowest BCUT2D eigenvalue weighted by Gasteiger charge is -2.08. The minimum absolute atomic E-state index is 0.143. The van der Waals surface area contributed by atoms with Gasteiger partial charge in [0.2, 0.25) is 0 Å². The molecular weight excluding hydrogens is 188 g/mol. The van der Waals surface area contributed by atoms with Crippen LogP contribution in [0.25, 0.3) is 0 Å². The Labute approximate surface area is 90.3 Å². The fraction of sp³-hybridized carbons (Fsp3) is 0.692. The second kappa shape index (κ2) is 3.67. The van der Waals surface area contributed by atoms with Crippen LogP contribution in [0.1, 0.15) is 31.2 Å². The van der Waals surface area contributed by atoms with Gasteiger partial charge in [-0.25, -0.2) is 0 Å². The number of furan rings is 1. The highest BCUT2D eigenvalue weighted by molar-refractivity contribution is 5.11. The van der Waals surface area contributed by atoms with Gasteiger partial charge in [-0.15, -0.1) is 0 Å². The van der Waals surface area contributed by atoms with E-state index in [1.807, 2.05) is 6.07 Å². The Morgan fingerprint density at radius 1 is 1.33 bits per heavy atom. The van der Waals surface area contributed by atoms with E-state index in [0.717, 1.165) is 23.8 Å². The van der Waals surface area contributed by atoms with E-state index < -0.39 is 0 Å². The average Bonchev–Trinajstić information content (AvgIpc) is 2.77. The highest BCUT2D eigenvalue weighted by Crippen LogP contribution is 2.57. The lowest BCUT2D eigenvalue weighted by atomic mass is 10.0. The molecule has 2 aliphatic carbocycles. The molecule has 3 unspecified atom stereocenters. The van der Waals surface area contributed by atoms with E-state index in [-0.39, 0.29) is 6.10 Å². The standard InChI is InChI=1S/C13H18O2/c14-12(7-9-5-6-15-8-9)13-10-3-1-2-4-11(10)13/h5-6,8,10-14H,1-4,7H2. The molecule has 1 N–H and O–H groups in total. The van der Waals surface area contributed by atoms with E-state index >= 15 is 0 Å². The molecule has 3 atom stereocenters. The molecule has 0 bridgehead atoms. The largest absolute Gasteiger partial charge is 0.472 e. The smallest absolute Gasteiger partial charge is 0.0935 e. The highest BCUT2D eigenvalue weighted by atomic mass is 16.3. The molecule has 0 amide bonds. The van der Waals surface area contributed by atoms with Crippen molar-refractivity contribution < 1.29 is 9.52 Å². The van der Waals surface area contributed by atoms with Crippen molar-refractivity contribution in [1.82, 2.24) is 0 Å². The van der Waals surface area contributed by atoms with Crippen molar-refractivity contribution in [2.24, 2.45) is 17.8 Å². The first-order valence-corrected chi connectivity index (χ1v) is 6.05. The summed E-state index contributed by atoms with van der Waals surface area (Å²) in [6.45, 7) is 0. The molecule has 82 valence electrons. The molecule has 0 spiro atoms. The summed E-state index contributed by atoms with van der Waals surface area (Å²) in [5.41, 5.74) is 1.13. The number of fused-ring (bicyclic) bond motifs is 1. The summed E-state index contributed by atoms with van der Waals surface area (Å²) in [5.74, 6) is 2.25. The molecule has 1 aromatic heterocycles. The van der Waals surface area contributed by atoms with Crippen LogP contribution in [0.5, 0.6) is 0 Å². The van der Waals surface area contributed by atoms with Gasteiger partial charge in [0.1, 0.15) is 0 Å². The van der Waals surface area contributed by atoms with Crippen LogP contribution in [0.4, 0.5) is 0 Å². The predicted octanol–water partition coefficient (Wildman–Crippen LogP) is 2.62. The minimum atomic E-state index is -0.143. The fourth-order valence-electron chi connectivity index (χ4n) is 3.40. The number of aliphatic hydroxyl groups excluding tert-OH is 1. The van der Waals surface area contributed by atoms with Crippen molar-refractivity contribution in [2.45, 2.75) is 38.2 Å². The van der Waals surface area contributed by atoms with Crippen molar-refractivity contribution in [2.75, 3.05) is 0 Å². The molecular formula is C13H18O2. The van der Waals surface area contributed by atoms with Gasteiger partial charge in [-0.2, -0.15) is 0 Å². The van der Waals surface area contributed by atoms with E-state index in [1.54, 1.807) is 12.5 Å². The number of rotatable bonds is 3. The van der Waals surface area contributed by atoms with Gasteiger partial charge in [-0.05, 0) is 42.2 Å². The second-order valence-corrected chi connectivity index (χ2v) is 5.09. The molecule has 2 fully saturated rings. The lowest BCUT2D eigenvalue weighted by Crippen LogP contribution is -2.14. The normalized spacial score (nSPS) is 35.9. The Balaban J connectivity index is 1.59. The summed E-state index contributed by atoms with van der Waals surface area (Å²) >= 11 is 0. The maximum atomic E-state index is 10.1. The van der Waals surface area contributed by atoms with Crippen molar-refractivity contribution in [3.8, 4) is 0 Å². The van der Waals surface area contributed by atoms with Gasteiger partial charge in [0.25, 0.3) is 0 Å². The summed E-state index contributed by atoms with van der Waals surface area (Å²) in [5, 5.41) is 10.1. The Morgan fingerprint density at radius 3 is 2.67 bits per heavy atom. The molecule has 3 rings (SSSR count). The molecule has 15 heavy (non-hydrogen) atoms. The van der Waals surface area contributed by atoms with Crippen LogP contribution in [0, 0.1) is 17.8 Å². The van der Waals surface area contributed by atoms with E-state index in [4.69, 9.17) is 4.42 Å². The van der Waals surface area contributed by atoms with Crippen molar-refractivity contribution in [1.29, 1.82) is 0 Å². The Morgan fingerprint density at radius 2 is 2.07 bits per heavy atom. The van der Waals surface area contributed by atoms with Gasteiger partial charge in [-0.1, -0.05) is 12.8 Å². The average molecular weight is 206 g/mol. The first-order chi connectivity index (χ1) is 7.36. The zero-order valence-electron chi connectivity index (χ0n) is 8.93. The molecule has 2 saturated carbocycles. The third-order valence-corrected chi connectivity index (χ3v) is 4.19. The van der Waals surface area contributed by atoms with Crippen LogP contribution in [-0.2, 0) is 6.42 Å². The number of hydrogen-bond acceptors (Lipinski definition) is 2. The summed E-state index contributed by atoms with van der Waals surface area (Å²) in [6, 6.07) is 1.95. The van der Waals surface area contributed by atoms with Gasteiger partial charge in [0.05, 0.1) is 18.6 Å². The van der Waals surface area contributed by atoms with Crippen LogP contribution >= 0.6 is 0 Å². The topological polar surface area (TPSA) is 33.4 Å². The fourth-order valence-corrected chi connectivity index (χ4v) is 3.40. The monoisotopic (exact) mass is 206 g/mol. The van der Waals surface area contributed by atoms with Gasteiger partial charge in [0, 0.05) is 6.42 Å². The molecule has 0 radical (unpaired) electrons. The highest BCUT2D eigenvalue weighted by Gasteiger charge is 2.53. The first kappa shape index (κ1) is 9.46. The molecule has 0 saturated heterocycles. The van der Waals surface area contributed by atoms with Crippen LogP contribution in [0.3, 0.4) is 0 Å². The van der Waals surface area contributed by atoms with E-state index in [0.29, 0.717) is 5.92 Å². The summed E-state index contributed by atoms with van der Waals surface area (Å²) < 4.78 is 5.02. The van der Waals surface area contributed by atoms with Crippen LogP contribution < -0.4 is 0 Å². The Bertz CT molecular complexity index is 305. The summed E-state index contributed by atoms with van der Waals surface area (Å²) in [6.07, 6.45) is 9.49. The zero-order chi connectivity index (χ0) is 10.3. The molecule has 1 aromatic rings. The first-order valence-electron chi connectivity index (χ1n) is 6.05. The quantitative estimate of drug-likeness (QED) is 0.824. The van der Waals surface area contributed by atoms with Gasteiger partial charge < -0.3 is 9.52 Å². The molecule has 2 nitrogen and oxygen atoms in total. The minimum Gasteiger partial charge on any atom is -0.472 e. The van der Waals surface area contributed by atoms with E-state index in [2.05, 4.69) is 0 Å². The van der Waals surface area contributed by atoms with Crippen LogP contribution in [0.15, 0.2) is 23.0 Å². The van der Waals surface area contributed by atoms with Gasteiger partial charge in [-0.3, -0.25) is 0 Å². The molecule has 0 aromatic carbocycles. The second-order valence-electron chi connectivity index (χ2n) is 5.09. The number of aliphatic hydroxyl groups is 1. The molecule has 1 heterocycles. The SMILES string of the molecule is OC(Cc1ccoc1)C1C2CCCCC21. The van der Waals surface area contributed by atoms with Crippen molar-refractivity contribution in [3.05, 3.63) is 24.2 Å².